The maximum absolute atomic E-state index is 15.3. The van der Waals surface area contributed by atoms with Crippen LogP contribution >= 0.6 is 0 Å². The highest BCUT2D eigenvalue weighted by Gasteiger charge is 2.46. The van der Waals surface area contributed by atoms with Crippen molar-refractivity contribution >= 4 is 15.8 Å². The fraction of sp³-hybridized carbons (Fsp3) is 0.346. The number of nitrogens with zero attached hydrogens (tertiary/aromatic N) is 2. The Bertz CT molecular complexity index is 1450. The maximum Gasteiger partial charge on any atom is 0.391 e. The second-order valence-electron chi connectivity index (χ2n) is 9.51. The van der Waals surface area contributed by atoms with Gasteiger partial charge in [0, 0.05) is 30.1 Å². The van der Waals surface area contributed by atoms with Crippen molar-refractivity contribution in [1.82, 2.24) is 9.88 Å². The van der Waals surface area contributed by atoms with E-state index in [-0.39, 0.29) is 37.6 Å². The lowest BCUT2D eigenvalue weighted by molar-refractivity contribution is -0.192. The smallest absolute Gasteiger partial charge is 0.391 e. The van der Waals surface area contributed by atoms with E-state index in [4.69, 9.17) is 4.74 Å². The van der Waals surface area contributed by atoms with E-state index in [1.807, 2.05) is 4.90 Å². The molecule has 6 nitrogen and oxygen atoms in total. The lowest BCUT2D eigenvalue weighted by Gasteiger charge is -2.46. The minimum absolute atomic E-state index is 0.0375. The van der Waals surface area contributed by atoms with Crippen LogP contribution in [0.5, 0.6) is 5.75 Å². The van der Waals surface area contributed by atoms with Gasteiger partial charge in [0.2, 0.25) is 0 Å². The van der Waals surface area contributed by atoms with Gasteiger partial charge in [-0.15, -0.1) is 0 Å². The first-order valence-corrected chi connectivity index (χ1v) is 13.6. The van der Waals surface area contributed by atoms with E-state index >= 15 is 4.39 Å². The van der Waals surface area contributed by atoms with Crippen molar-refractivity contribution < 1.29 is 39.5 Å². The van der Waals surface area contributed by atoms with Gasteiger partial charge in [0.25, 0.3) is 10.0 Å². The summed E-state index contributed by atoms with van der Waals surface area (Å²) in [6.45, 7) is 0.154. The van der Waals surface area contributed by atoms with Crippen LogP contribution in [-0.4, -0.2) is 37.6 Å². The molecule has 2 aromatic carbocycles. The molecule has 5 rings (SSSR count). The Labute approximate surface area is 220 Å². The van der Waals surface area contributed by atoms with Crippen molar-refractivity contribution in [2.24, 2.45) is 5.92 Å². The van der Waals surface area contributed by atoms with Crippen LogP contribution in [0.3, 0.4) is 0 Å². The molecule has 39 heavy (non-hydrogen) atoms. The maximum atomic E-state index is 15.3. The second kappa shape index (κ2) is 10.3. The number of anilines is 1. The van der Waals surface area contributed by atoms with Crippen molar-refractivity contribution in [3.05, 3.63) is 83.3 Å². The summed E-state index contributed by atoms with van der Waals surface area (Å²) < 4.78 is 116. The number of alkyl halides is 3. The SMILES string of the molecule is O=S(=O)(Nc1ccc(F)cn1)c1cc2c(cc1F)C(N1CC[C@@H](C(F)(F)F)C[C@H]1c1ccc(F)cc1)CCO2. The normalized spacial score (nSPS) is 22.2. The Morgan fingerprint density at radius 3 is 2.33 bits per heavy atom. The van der Waals surface area contributed by atoms with Gasteiger partial charge < -0.3 is 4.74 Å². The molecule has 0 spiro atoms. The van der Waals surface area contributed by atoms with Crippen LogP contribution in [0.2, 0.25) is 0 Å². The van der Waals surface area contributed by atoms with Crippen LogP contribution in [0, 0.1) is 23.4 Å². The zero-order valence-electron chi connectivity index (χ0n) is 20.3. The van der Waals surface area contributed by atoms with Crippen LogP contribution in [-0.2, 0) is 10.0 Å². The number of piperidine rings is 1. The first-order chi connectivity index (χ1) is 18.4. The third-order valence-electron chi connectivity index (χ3n) is 7.09. The van der Waals surface area contributed by atoms with E-state index in [0.29, 0.717) is 17.5 Å². The number of fused-ring (bicyclic) bond motifs is 1. The van der Waals surface area contributed by atoms with E-state index in [9.17, 15) is 30.4 Å². The number of hydrogen-bond donors (Lipinski definition) is 1. The lowest BCUT2D eigenvalue weighted by atomic mass is 9.84. The Hall–Kier alpha value is -3.32. The standard InChI is InChI=1S/C26H23F6N3O3S/c27-17-3-1-15(2-4-17)22-11-16(26(30,31)32)7-9-35(22)21-8-10-38-23-13-24(20(29)12-19(21)23)39(36,37)34-25-6-5-18(28)14-33-25/h1-6,12-14,16,21-22H,7-11H2,(H,33,34)/t16-,21?,22+/m1/s1. The number of likely N-dealkylation sites (tertiary alicyclic amines) is 1. The molecule has 0 saturated carbocycles. The molecule has 1 saturated heterocycles. The number of sulfonamides is 1. The number of halogens is 6. The number of rotatable bonds is 5. The number of aromatic nitrogens is 1. The molecule has 13 heteroatoms. The third-order valence-corrected chi connectivity index (χ3v) is 8.46. The quantitative estimate of drug-likeness (QED) is 0.373. The number of benzene rings is 2. The second-order valence-corrected chi connectivity index (χ2v) is 11.2. The number of hydrogen-bond acceptors (Lipinski definition) is 5. The Morgan fingerprint density at radius 2 is 1.67 bits per heavy atom. The molecule has 3 heterocycles. The summed E-state index contributed by atoms with van der Waals surface area (Å²) >= 11 is 0. The topological polar surface area (TPSA) is 71.5 Å². The predicted molar refractivity (Wildman–Crippen MR) is 129 cm³/mol. The number of pyridine rings is 1. The van der Waals surface area contributed by atoms with Crippen LogP contribution in [0.25, 0.3) is 0 Å². The van der Waals surface area contributed by atoms with Gasteiger partial charge >= 0.3 is 6.18 Å². The molecule has 3 aromatic rings. The van der Waals surface area contributed by atoms with Crippen molar-refractivity contribution in [3.63, 3.8) is 0 Å². The molecule has 1 fully saturated rings. The first-order valence-electron chi connectivity index (χ1n) is 12.1. The summed E-state index contributed by atoms with van der Waals surface area (Å²) in [5, 5.41) is 0. The van der Waals surface area contributed by atoms with Crippen molar-refractivity contribution in [1.29, 1.82) is 0 Å². The lowest BCUT2D eigenvalue weighted by Crippen LogP contribution is -2.44. The molecule has 208 valence electrons. The van der Waals surface area contributed by atoms with E-state index in [2.05, 4.69) is 9.71 Å². The minimum Gasteiger partial charge on any atom is -0.493 e. The van der Waals surface area contributed by atoms with Gasteiger partial charge in [0.15, 0.2) is 0 Å². The van der Waals surface area contributed by atoms with Crippen molar-refractivity contribution in [2.45, 2.75) is 42.4 Å². The molecule has 0 aliphatic carbocycles. The van der Waals surface area contributed by atoms with Gasteiger partial charge in [-0.2, -0.15) is 13.2 Å². The van der Waals surface area contributed by atoms with Gasteiger partial charge in [-0.25, -0.2) is 26.6 Å². The Morgan fingerprint density at radius 1 is 0.949 bits per heavy atom. The largest absolute Gasteiger partial charge is 0.493 e. The molecule has 0 radical (unpaired) electrons. The monoisotopic (exact) mass is 571 g/mol. The molecular weight excluding hydrogens is 548 g/mol. The third kappa shape index (κ3) is 5.69. The van der Waals surface area contributed by atoms with E-state index in [0.717, 1.165) is 30.5 Å². The predicted octanol–water partition coefficient (Wildman–Crippen LogP) is 6.14. The average molecular weight is 572 g/mol. The van der Waals surface area contributed by atoms with E-state index in [1.165, 1.54) is 24.3 Å². The molecule has 2 aliphatic heterocycles. The molecule has 1 unspecified atom stereocenters. The molecular formula is C26H23F6N3O3S. The van der Waals surface area contributed by atoms with Gasteiger partial charge in [-0.3, -0.25) is 9.62 Å². The van der Waals surface area contributed by atoms with Crippen molar-refractivity contribution in [3.8, 4) is 5.75 Å². The summed E-state index contributed by atoms with van der Waals surface area (Å²) in [5.41, 5.74) is 0.796. The molecule has 2 aliphatic rings. The Kier molecular flexibility index (Phi) is 7.23. The summed E-state index contributed by atoms with van der Waals surface area (Å²) in [7, 11) is -4.48. The van der Waals surface area contributed by atoms with Crippen LogP contribution in [0.4, 0.5) is 32.2 Å². The molecule has 0 amide bonds. The highest BCUT2D eigenvalue weighted by molar-refractivity contribution is 7.92. The van der Waals surface area contributed by atoms with Crippen molar-refractivity contribution in [2.75, 3.05) is 17.9 Å². The molecule has 1 N–H and O–H groups in total. The summed E-state index contributed by atoms with van der Waals surface area (Å²) in [6.07, 6.45) is -3.71. The van der Waals surface area contributed by atoms with Gasteiger partial charge in [0.05, 0.1) is 18.7 Å². The first kappa shape index (κ1) is 27.3. The van der Waals surface area contributed by atoms with Gasteiger partial charge in [-0.1, -0.05) is 12.1 Å². The van der Waals surface area contributed by atoms with Crippen LogP contribution in [0.1, 0.15) is 42.5 Å². The summed E-state index contributed by atoms with van der Waals surface area (Å²) in [4.78, 5) is 4.72. The summed E-state index contributed by atoms with van der Waals surface area (Å²) in [5.74, 6) is -4.00. The van der Waals surface area contributed by atoms with E-state index < -0.39 is 56.5 Å². The zero-order valence-corrected chi connectivity index (χ0v) is 21.1. The van der Waals surface area contributed by atoms with Gasteiger partial charge in [-0.05, 0) is 55.3 Å². The molecule has 3 atom stereocenters. The molecule has 1 aromatic heterocycles. The van der Waals surface area contributed by atoms with Crippen LogP contribution in [0.15, 0.2) is 59.6 Å². The molecule has 0 bridgehead atoms. The van der Waals surface area contributed by atoms with E-state index in [1.54, 1.807) is 0 Å². The fourth-order valence-corrected chi connectivity index (χ4v) is 6.30. The fourth-order valence-electron chi connectivity index (χ4n) is 5.22. The Balaban J connectivity index is 1.48. The minimum atomic E-state index is -4.48. The number of ether oxygens (including phenoxy) is 1. The average Bonchev–Trinajstić information content (AvgIpc) is 2.89. The zero-order chi connectivity index (χ0) is 27.9. The van der Waals surface area contributed by atoms with Crippen LogP contribution < -0.4 is 9.46 Å². The number of nitrogens with one attached hydrogen (secondary N) is 1. The van der Waals surface area contributed by atoms with Gasteiger partial charge in [0.1, 0.15) is 33.9 Å². The highest BCUT2D eigenvalue weighted by Crippen LogP contribution is 2.48. The summed E-state index contributed by atoms with van der Waals surface area (Å²) in [6, 6.07) is 8.05. The highest BCUT2D eigenvalue weighted by atomic mass is 32.2.